The number of rotatable bonds is 8. The summed E-state index contributed by atoms with van der Waals surface area (Å²) in [7, 11) is 0. The van der Waals surface area contributed by atoms with Crippen LogP contribution in [0.2, 0.25) is 5.02 Å². The molecule has 0 fully saturated rings. The van der Waals surface area contributed by atoms with Gasteiger partial charge in [-0.3, -0.25) is 0 Å². The molecule has 0 atom stereocenters. The summed E-state index contributed by atoms with van der Waals surface area (Å²) in [4.78, 5) is 20.8. The minimum absolute atomic E-state index is 0.132. The van der Waals surface area contributed by atoms with Gasteiger partial charge in [-0.2, -0.15) is 0 Å². The number of anilines is 1. The summed E-state index contributed by atoms with van der Waals surface area (Å²) in [5, 5.41) is 13.7. The standard InChI is InChI=1S/C22H20ClFN4O3S/c1-3-31-17-10-18(32-21(17)22(29)30)16-9-19(27-11-26-16)25-4-5-28-12(2)6-13-7-14(23)8-15(24)20(13)28/h6-11H,3-5H2,1-2H3,(H,29,30)(H,25,26,27). The van der Waals surface area contributed by atoms with E-state index >= 15 is 0 Å². The fourth-order valence-corrected chi connectivity index (χ4v) is 4.67. The molecule has 0 bridgehead atoms. The van der Waals surface area contributed by atoms with Crippen LogP contribution in [0, 0.1) is 12.7 Å². The number of aromatic carboxylic acids is 1. The van der Waals surface area contributed by atoms with E-state index in [2.05, 4.69) is 15.3 Å². The van der Waals surface area contributed by atoms with Crippen molar-refractivity contribution in [2.45, 2.75) is 20.4 Å². The van der Waals surface area contributed by atoms with Gasteiger partial charge in [-0.1, -0.05) is 11.6 Å². The third-order valence-electron chi connectivity index (χ3n) is 4.87. The molecule has 4 aromatic rings. The summed E-state index contributed by atoms with van der Waals surface area (Å²) < 4.78 is 21.8. The predicted octanol–water partition coefficient (Wildman–Crippen LogP) is 5.47. The van der Waals surface area contributed by atoms with Crippen molar-refractivity contribution in [3.63, 3.8) is 0 Å². The van der Waals surface area contributed by atoms with Crippen LogP contribution in [0.3, 0.4) is 0 Å². The molecule has 0 spiro atoms. The minimum Gasteiger partial charge on any atom is -0.492 e. The van der Waals surface area contributed by atoms with Gasteiger partial charge in [-0.05, 0) is 32.0 Å². The maximum Gasteiger partial charge on any atom is 0.349 e. The Morgan fingerprint density at radius 2 is 2.09 bits per heavy atom. The van der Waals surface area contributed by atoms with E-state index in [1.165, 1.54) is 12.4 Å². The van der Waals surface area contributed by atoms with Crippen molar-refractivity contribution in [3.05, 3.63) is 58.1 Å². The first-order chi connectivity index (χ1) is 15.4. The monoisotopic (exact) mass is 474 g/mol. The lowest BCUT2D eigenvalue weighted by Gasteiger charge is -2.11. The second kappa shape index (κ2) is 9.13. The zero-order chi connectivity index (χ0) is 22.8. The van der Waals surface area contributed by atoms with Gasteiger partial charge in [-0.25, -0.2) is 19.2 Å². The predicted molar refractivity (Wildman–Crippen MR) is 124 cm³/mol. The molecule has 0 aliphatic rings. The first kappa shape index (κ1) is 22.0. The van der Waals surface area contributed by atoms with E-state index in [1.54, 1.807) is 25.1 Å². The Hall–Kier alpha value is -3.17. The normalized spacial score (nSPS) is 11.1. The molecule has 0 radical (unpaired) electrons. The number of thiophene rings is 1. The lowest BCUT2D eigenvalue weighted by molar-refractivity contribution is 0.0698. The summed E-state index contributed by atoms with van der Waals surface area (Å²) in [5.74, 6) is -0.497. The van der Waals surface area contributed by atoms with E-state index in [1.807, 2.05) is 17.6 Å². The van der Waals surface area contributed by atoms with Gasteiger partial charge < -0.3 is 19.7 Å². The largest absolute Gasteiger partial charge is 0.492 e. The molecule has 7 nitrogen and oxygen atoms in total. The topological polar surface area (TPSA) is 89.3 Å². The van der Waals surface area contributed by atoms with E-state index < -0.39 is 5.97 Å². The van der Waals surface area contributed by atoms with Crippen molar-refractivity contribution in [1.29, 1.82) is 0 Å². The molecular weight excluding hydrogens is 455 g/mol. The molecule has 10 heteroatoms. The van der Waals surface area contributed by atoms with Crippen LogP contribution in [0.5, 0.6) is 5.75 Å². The molecule has 0 aliphatic heterocycles. The number of nitrogens with one attached hydrogen (secondary N) is 1. The molecule has 0 amide bonds. The molecule has 1 aromatic carbocycles. The Labute approximate surface area is 192 Å². The third kappa shape index (κ3) is 4.39. The van der Waals surface area contributed by atoms with Crippen molar-refractivity contribution in [3.8, 4) is 16.3 Å². The lowest BCUT2D eigenvalue weighted by atomic mass is 10.2. The van der Waals surface area contributed by atoms with Crippen LogP contribution in [0.4, 0.5) is 10.2 Å². The summed E-state index contributed by atoms with van der Waals surface area (Å²) in [6.07, 6.45) is 1.41. The quantitative estimate of drug-likeness (QED) is 0.352. The number of carbonyl (C=O) groups is 1. The number of carboxylic acids is 1. The zero-order valence-electron chi connectivity index (χ0n) is 17.4. The number of aromatic nitrogens is 3. The molecule has 0 saturated heterocycles. The molecule has 3 aromatic heterocycles. The molecule has 0 saturated carbocycles. The number of ether oxygens (including phenoxy) is 1. The molecule has 0 aliphatic carbocycles. The zero-order valence-corrected chi connectivity index (χ0v) is 18.9. The molecular formula is C22H20ClFN4O3S. The van der Waals surface area contributed by atoms with Crippen LogP contribution in [-0.4, -0.2) is 38.8 Å². The second-order valence-electron chi connectivity index (χ2n) is 7.02. The number of nitrogens with zero attached hydrogens (tertiary/aromatic N) is 3. The average molecular weight is 475 g/mol. The van der Waals surface area contributed by atoms with Crippen LogP contribution in [0.15, 0.2) is 36.7 Å². The Balaban J connectivity index is 1.51. The highest BCUT2D eigenvalue weighted by atomic mass is 35.5. The maximum atomic E-state index is 14.5. The van der Waals surface area contributed by atoms with E-state index in [0.717, 1.165) is 22.4 Å². The van der Waals surface area contributed by atoms with Gasteiger partial charge >= 0.3 is 5.97 Å². The Morgan fingerprint density at radius 3 is 2.84 bits per heavy atom. The van der Waals surface area contributed by atoms with Crippen molar-refractivity contribution in [2.75, 3.05) is 18.5 Å². The Morgan fingerprint density at radius 1 is 1.28 bits per heavy atom. The summed E-state index contributed by atoms with van der Waals surface area (Å²) in [6, 6.07) is 8.38. The van der Waals surface area contributed by atoms with Crippen LogP contribution in [0.25, 0.3) is 21.5 Å². The highest BCUT2D eigenvalue weighted by Gasteiger charge is 2.18. The number of fused-ring (bicyclic) bond motifs is 1. The SMILES string of the molecule is CCOc1cc(-c2cc(NCCn3c(C)cc4cc(Cl)cc(F)c43)ncn2)sc1C(=O)O. The maximum absolute atomic E-state index is 14.5. The second-order valence-corrected chi connectivity index (χ2v) is 8.51. The van der Waals surface area contributed by atoms with Crippen molar-refractivity contribution >= 4 is 45.6 Å². The van der Waals surface area contributed by atoms with Gasteiger partial charge in [0.05, 0.1) is 22.7 Å². The van der Waals surface area contributed by atoms with Crippen LogP contribution in [0.1, 0.15) is 22.3 Å². The number of halogens is 2. The van der Waals surface area contributed by atoms with Crippen molar-refractivity contribution < 1.29 is 19.0 Å². The van der Waals surface area contributed by atoms with Gasteiger partial charge in [-0.15, -0.1) is 11.3 Å². The van der Waals surface area contributed by atoms with E-state index in [-0.39, 0.29) is 10.7 Å². The van der Waals surface area contributed by atoms with E-state index in [0.29, 0.717) is 52.4 Å². The average Bonchev–Trinajstić information content (AvgIpc) is 3.30. The minimum atomic E-state index is -1.04. The Kier molecular flexibility index (Phi) is 6.29. The van der Waals surface area contributed by atoms with Gasteiger partial charge in [0.15, 0.2) is 4.88 Å². The lowest BCUT2D eigenvalue weighted by Crippen LogP contribution is -2.12. The van der Waals surface area contributed by atoms with Gasteiger partial charge in [0.2, 0.25) is 0 Å². The number of hydrogen-bond acceptors (Lipinski definition) is 6. The summed E-state index contributed by atoms with van der Waals surface area (Å²) in [6.45, 7) is 5.10. The highest BCUT2D eigenvalue weighted by molar-refractivity contribution is 7.17. The summed E-state index contributed by atoms with van der Waals surface area (Å²) >= 11 is 7.06. The summed E-state index contributed by atoms with van der Waals surface area (Å²) in [5.41, 5.74) is 2.03. The van der Waals surface area contributed by atoms with Crippen LogP contribution in [-0.2, 0) is 6.54 Å². The van der Waals surface area contributed by atoms with Crippen LogP contribution >= 0.6 is 22.9 Å². The first-order valence-electron chi connectivity index (χ1n) is 9.88. The molecule has 0 unspecified atom stereocenters. The molecule has 166 valence electrons. The first-order valence-corrected chi connectivity index (χ1v) is 11.1. The van der Waals surface area contributed by atoms with Gasteiger partial charge in [0.1, 0.15) is 23.7 Å². The fraction of sp³-hybridized carbons (Fsp3) is 0.227. The Bertz CT molecular complexity index is 1300. The molecule has 2 N–H and O–H groups in total. The number of carboxylic acid groups (broad SMARTS) is 1. The number of hydrogen-bond donors (Lipinski definition) is 2. The van der Waals surface area contributed by atoms with Crippen LogP contribution < -0.4 is 10.1 Å². The molecule has 32 heavy (non-hydrogen) atoms. The van der Waals surface area contributed by atoms with Crippen molar-refractivity contribution in [2.24, 2.45) is 0 Å². The number of aryl methyl sites for hydroxylation is 1. The fourth-order valence-electron chi connectivity index (χ4n) is 3.54. The molecule has 4 rings (SSSR count). The van der Waals surface area contributed by atoms with E-state index in [9.17, 15) is 14.3 Å². The van der Waals surface area contributed by atoms with Gasteiger partial charge in [0.25, 0.3) is 0 Å². The molecule has 3 heterocycles. The highest BCUT2D eigenvalue weighted by Crippen LogP contribution is 2.36. The van der Waals surface area contributed by atoms with Gasteiger partial charge in [0, 0.05) is 41.3 Å². The smallest absolute Gasteiger partial charge is 0.349 e. The van der Waals surface area contributed by atoms with E-state index in [4.69, 9.17) is 16.3 Å². The van der Waals surface area contributed by atoms with Crippen molar-refractivity contribution in [1.82, 2.24) is 14.5 Å². The third-order valence-corrected chi connectivity index (χ3v) is 6.22. The number of benzene rings is 1.